The Labute approximate surface area is 358 Å². The van der Waals surface area contributed by atoms with E-state index < -0.39 is 57.9 Å². The third kappa shape index (κ3) is 41.0. The average Bonchev–Trinajstić information content (AvgIpc) is 3.22. The summed E-state index contributed by atoms with van der Waals surface area (Å²) in [6.07, 6.45) is 39.6. The first-order chi connectivity index (χ1) is 28.5. The van der Waals surface area contributed by atoms with Gasteiger partial charge in [0.15, 0.2) is 6.10 Å². The van der Waals surface area contributed by atoms with Crippen molar-refractivity contribution in [3.63, 3.8) is 0 Å². The fourth-order valence-corrected chi connectivity index (χ4v) is 6.92. The lowest BCUT2D eigenvalue weighted by atomic mass is 9.99. The van der Waals surface area contributed by atoms with Crippen LogP contribution in [0.25, 0.3) is 0 Å². The van der Waals surface area contributed by atoms with E-state index in [1.54, 1.807) is 12.2 Å². The zero-order chi connectivity index (χ0) is 43.7. The summed E-state index contributed by atoms with van der Waals surface area (Å²) < 4.78 is 32.6. The Balaban J connectivity index is 4.43. The van der Waals surface area contributed by atoms with Crippen LogP contribution in [0.15, 0.2) is 48.6 Å². The van der Waals surface area contributed by atoms with Gasteiger partial charge in [0.2, 0.25) is 0 Å². The lowest BCUT2D eigenvalue weighted by Crippen LogP contribution is -2.30. The summed E-state index contributed by atoms with van der Waals surface area (Å²) in [7, 11) is -4.67. The van der Waals surface area contributed by atoms with Crippen LogP contribution >= 0.6 is 7.82 Å². The van der Waals surface area contributed by atoms with Gasteiger partial charge in [-0.3, -0.25) is 18.6 Å². The van der Waals surface area contributed by atoms with Crippen molar-refractivity contribution in [3.05, 3.63) is 48.6 Å². The van der Waals surface area contributed by atoms with E-state index in [4.69, 9.17) is 19.1 Å². The maximum absolute atomic E-state index is 12.6. The van der Waals surface area contributed by atoms with Crippen LogP contribution in [-0.2, 0) is 32.7 Å². The normalized spacial score (nSPS) is 15.3. The maximum atomic E-state index is 12.6. The number of allylic oxidation sites excluding steroid dienone is 7. The van der Waals surface area contributed by atoms with Crippen LogP contribution in [0, 0.1) is 5.92 Å². The molecule has 0 saturated heterocycles. The van der Waals surface area contributed by atoms with Gasteiger partial charge in [-0.25, -0.2) is 4.57 Å². The van der Waals surface area contributed by atoms with Gasteiger partial charge in [0, 0.05) is 12.8 Å². The maximum Gasteiger partial charge on any atom is 0.472 e. The number of aliphatic hydroxyl groups excluding tert-OH is 3. The summed E-state index contributed by atoms with van der Waals surface area (Å²) in [5.41, 5.74) is 0. The molecule has 0 aromatic rings. The molecule has 0 aliphatic carbocycles. The van der Waals surface area contributed by atoms with Crippen molar-refractivity contribution in [2.45, 2.75) is 206 Å². The van der Waals surface area contributed by atoms with Crippen molar-refractivity contribution in [1.82, 2.24) is 0 Å². The molecule has 0 aromatic heterocycles. The average molecular weight is 857 g/mol. The van der Waals surface area contributed by atoms with Crippen LogP contribution in [0.1, 0.15) is 188 Å². The van der Waals surface area contributed by atoms with Gasteiger partial charge >= 0.3 is 19.8 Å². The summed E-state index contributed by atoms with van der Waals surface area (Å²) in [6.45, 7) is 4.51. The molecule has 0 aliphatic rings. The first-order valence-electron chi connectivity index (χ1n) is 23.1. The third-order valence-electron chi connectivity index (χ3n) is 10.1. The van der Waals surface area contributed by atoms with E-state index in [-0.39, 0.29) is 19.4 Å². The molecule has 344 valence electrons. The molecular weight excluding hydrogens is 771 g/mol. The molecule has 0 aromatic carbocycles. The molecule has 0 amide bonds. The molecule has 0 rings (SSSR count). The predicted molar refractivity (Wildman–Crippen MR) is 239 cm³/mol. The number of hydrogen-bond donors (Lipinski definition) is 4. The first-order valence-corrected chi connectivity index (χ1v) is 24.6. The fourth-order valence-electron chi connectivity index (χ4n) is 6.13. The van der Waals surface area contributed by atoms with Crippen LogP contribution in [0.4, 0.5) is 0 Å². The highest BCUT2D eigenvalue weighted by atomic mass is 31.2. The van der Waals surface area contributed by atoms with E-state index >= 15 is 0 Å². The van der Waals surface area contributed by atoms with Crippen LogP contribution in [0.3, 0.4) is 0 Å². The minimum Gasteiger partial charge on any atom is -0.462 e. The number of hydrogen-bond acceptors (Lipinski definition) is 10. The minimum absolute atomic E-state index is 0.0439. The molecule has 0 radical (unpaired) electrons. The summed E-state index contributed by atoms with van der Waals surface area (Å²) in [4.78, 5) is 35.1. The number of rotatable bonds is 42. The number of carbonyl (C=O) groups excluding carboxylic acids is 2. The van der Waals surface area contributed by atoms with Gasteiger partial charge in [0.25, 0.3) is 0 Å². The summed E-state index contributed by atoms with van der Waals surface area (Å²) in [6, 6.07) is 0. The van der Waals surface area contributed by atoms with Crippen molar-refractivity contribution in [2.24, 2.45) is 5.92 Å². The number of phosphoric ester groups is 1. The van der Waals surface area contributed by atoms with Crippen molar-refractivity contribution in [2.75, 3.05) is 26.4 Å². The Morgan fingerprint density at radius 2 is 1.19 bits per heavy atom. The van der Waals surface area contributed by atoms with E-state index in [1.165, 1.54) is 96.3 Å². The fraction of sp³-hybridized carbons (Fsp3) is 0.787. The van der Waals surface area contributed by atoms with Gasteiger partial charge in [-0.2, -0.15) is 0 Å². The molecule has 0 saturated carbocycles. The highest BCUT2D eigenvalue weighted by molar-refractivity contribution is 7.47. The molecule has 0 bridgehead atoms. The Hall–Kier alpha value is -2.11. The minimum atomic E-state index is -4.67. The largest absolute Gasteiger partial charge is 0.472 e. The lowest BCUT2D eigenvalue weighted by molar-refractivity contribution is -0.161. The van der Waals surface area contributed by atoms with E-state index in [0.717, 1.165) is 44.4 Å². The van der Waals surface area contributed by atoms with Crippen molar-refractivity contribution in [1.29, 1.82) is 0 Å². The van der Waals surface area contributed by atoms with Gasteiger partial charge < -0.3 is 29.7 Å². The van der Waals surface area contributed by atoms with E-state index in [9.17, 15) is 29.3 Å². The first kappa shape index (κ1) is 56.9. The van der Waals surface area contributed by atoms with Crippen molar-refractivity contribution in [3.8, 4) is 0 Å². The second-order valence-electron chi connectivity index (χ2n) is 15.9. The number of esters is 2. The lowest BCUT2D eigenvalue weighted by Gasteiger charge is -2.20. The standard InChI is InChI=1S/C47H85O11P/c1-4-6-7-8-9-10-11-14-18-21-24-27-30-34-43(49)35-32-37-47(52)58-45(41-57-59(53,54)56-39-44(50)38-48)40-55-46(51)36-31-28-25-22-19-16-13-12-15-17-20-23-26-29-33-42(3)5-2/h9-10,14,18,24,27,30,34,42-45,48-50H,4-8,11-13,15-17,19-23,25-26,28-29,31-33,35-41H2,1-3H3,(H,53,54)/b10-9-,18-14-,27-24-,34-30+/t42?,43-,44-,45+/m0/s1. The number of aliphatic hydroxyl groups is 3. The molecule has 2 unspecified atom stereocenters. The molecule has 59 heavy (non-hydrogen) atoms. The second-order valence-corrected chi connectivity index (χ2v) is 17.3. The molecule has 4 N–H and O–H groups in total. The van der Waals surface area contributed by atoms with Crippen LogP contribution in [0.2, 0.25) is 0 Å². The third-order valence-corrected chi connectivity index (χ3v) is 11.1. The molecule has 0 fully saturated rings. The highest BCUT2D eigenvalue weighted by Crippen LogP contribution is 2.43. The molecule has 12 heteroatoms. The Morgan fingerprint density at radius 3 is 1.80 bits per heavy atom. The highest BCUT2D eigenvalue weighted by Gasteiger charge is 2.27. The van der Waals surface area contributed by atoms with E-state index in [2.05, 4.69) is 49.6 Å². The molecule has 0 spiro atoms. The van der Waals surface area contributed by atoms with Crippen molar-refractivity contribution < 1.29 is 52.9 Å². The zero-order valence-corrected chi connectivity index (χ0v) is 38.1. The SMILES string of the molecule is CCCCC/C=C\C/C=C\C/C=C\C=C\[C@H](O)CCCC(=O)O[C@H](COC(=O)CCCCCCCCCCCCCCCCC(C)CC)COP(=O)(O)OC[C@@H](O)CO. The summed E-state index contributed by atoms with van der Waals surface area (Å²) in [5, 5.41) is 28.6. The van der Waals surface area contributed by atoms with Gasteiger partial charge in [0.05, 0.1) is 25.9 Å². The van der Waals surface area contributed by atoms with Crippen LogP contribution in [0.5, 0.6) is 0 Å². The molecule has 0 aliphatic heterocycles. The number of phosphoric acid groups is 1. The molecular formula is C47H85O11P. The topological polar surface area (TPSA) is 169 Å². The number of unbranched alkanes of at least 4 members (excludes halogenated alkanes) is 16. The Kier molecular flexibility index (Phi) is 39.8. The number of ether oxygens (including phenoxy) is 2. The monoisotopic (exact) mass is 857 g/mol. The Bertz CT molecular complexity index is 1150. The van der Waals surface area contributed by atoms with Gasteiger partial charge in [-0.1, -0.05) is 179 Å². The van der Waals surface area contributed by atoms with Crippen molar-refractivity contribution >= 4 is 19.8 Å². The summed E-state index contributed by atoms with van der Waals surface area (Å²) >= 11 is 0. The molecule has 0 heterocycles. The Morgan fingerprint density at radius 1 is 0.627 bits per heavy atom. The van der Waals surface area contributed by atoms with E-state index in [0.29, 0.717) is 19.3 Å². The quantitative estimate of drug-likeness (QED) is 0.0151. The molecule has 11 nitrogen and oxygen atoms in total. The van der Waals surface area contributed by atoms with E-state index in [1.807, 2.05) is 12.2 Å². The van der Waals surface area contributed by atoms with Crippen LogP contribution in [-0.4, -0.2) is 76.9 Å². The predicted octanol–water partition coefficient (Wildman–Crippen LogP) is 11.3. The molecule has 5 atom stereocenters. The second kappa shape index (κ2) is 41.3. The zero-order valence-electron chi connectivity index (χ0n) is 37.2. The smallest absolute Gasteiger partial charge is 0.462 e. The van der Waals surface area contributed by atoms with Gasteiger partial charge in [0.1, 0.15) is 12.7 Å². The summed E-state index contributed by atoms with van der Waals surface area (Å²) in [5.74, 6) is -0.257. The van der Waals surface area contributed by atoms with Crippen LogP contribution < -0.4 is 0 Å². The number of carbonyl (C=O) groups is 2. The van der Waals surface area contributed by atoms with Gasteiger partial charge in [-0.05, 0) is 50.9 Å². The van der Waals surface area contributed by atoms with Gasteiger partial charge in [-0.15, -0.1) is 0 Å².